The molecule has 46 heavy (non-hydrogen) atoms. The molecule has 8 nitrogen and oxygen atoms in total. The Kier molecular flexibility index (Phi) is 8.21. The second kappa shape index (κ2) is 11.8. The fourth-order valence-corrected chi connectivity index (χ4v) is 7.45. The molecular formula is C32H35F6N7O. The third-order valence-corrected chi connectivity index (χ3v) is 9.75. The zero-order valence-electron chi connectivity index (χ0n) is 25.7. The summed E-state index contributed by atoms with van der Waals surface area (Å²) in [6.45, 7) is 4.64. The number of benzene rings is 2. The second-order valence-corrected chi connectivity index (χ2v) is 13.2. The number of anilines is 2. The van der Waals surface area contributed by atoms with Crippen LogP contribution in [0, 0.1) is 41.2 Å². The van der Waals surface area contributed by atoms with Gasteiger partial charge in [0.05, 0.1) is 35.7 Å². The van der Waals surface area contributed by atoms with Gasteiger partial charge in [-0.2, -0.15) is 28.4 Å². The van der Waals surface area contributed by atoms with Gasteiger partial charge in [0, 0.05) is 48.1 Å². The number of hydrogen-bond donors (Lipinski definition) is 2. The molecule has 1 aromatic heterocycles. The number of likely N-dealkylation sites (tertiary alicyclic amines) is 1. The minimum absolute atomic E-state index is 0.00936. The number of aryl methyl sites for hydroxylation is 1. The maximum atomic E-state index is 16.7. The third kappa shape index (κ3) is 5.57. The average Bonchev–Trinajstić information content (AvgIpc) is 3.32. The SMILES string of the molecule is Cc1cc(N)c(C#N)c(-c2c(F)cc3c(N4C[C@H]5CC[C@@H](C4)N5)nc(OC[C@]4(C)CN(C)CC[C@@H]4CF)nc3c2F)c1C(F)(F)F. The molecule has 0 unspecified atom stereocenters. The summed E-state index contributed by atoms with van der Waals surface area (Å²) in [6, 6.07) is 3.44. The fraction of sp³-hybridized carbons (Fsp3) is 0.531. The molecule has 3 fully saturated rings. The number of fused-ring (bicyclic) bond motifs is 3. The van der Waals surface area contributed by atoms with Crippen LogP contribution in [0.2, 0.25) is 0 Å². The Labute approximate surface area is 262 Å². The summed E-state index contributed by atoms with van der Waals surface area (Å²) in [5.74, 6) is -2.85. The van der Waals surface area contributed by atoms with E-state index in [4.69, 9.17) is 10.5 Å². The van der Waals surface area contributed by atoms with E-state index in [1.807, 2.05) is 18.9 Å². The molecule has 6 rings (SSSR count). The predicted octanol–water partition coefficient (Wildman–Crippen LogP) is 5.60. The van der Waals surface area contributed by atoms with Gasteiger partial charge in [-0.1, -0.05) is 6.92 Å². The van der Waals surface area contributed by atoms with Gasteiger partial charge in [-0.3, -0.25) is 4.39 Å². The van der Waals surface area contributed by atoms with Crippen molar-refractivity contribution in [2.24, 2.45) is 11.3 Å². The zero-order chi connectivity index (χ0) is 33.1. The molecule has 0 aliphatic carbocycles. The Morgan fingerprint density at radius 3 is 2.46 bits per heavy atom. The van der Waals surface area contributed by atoms with Crippen LogP contribution in [0.5, 0.6) is 6.01 Å². The summed E-state index contributed by atoms with van der Waals surface area (Å²) >= 11 is 0. The van der Waals surface area contributed by atoms with E-state index < -0.39 is 63.2 Å². The standard InChI is InChI=1S/C32H35F6N7O/c1-16-8-23(40)21(11-39)24(26(16)32(36,37)38)25-22(34)9-20-28(27(25)35)42-30(43-29(20)45-12-18-4-5-19(13-45)41-18)46-15-31(2)14-44(3)7-6-17(31)10-33/h8-9,17-19,41H,4-7,10,12-15,40H2,1-3H3/t17-,18-,19+,31+/m1/s1. The molecular weight excluding hydrogens is 612 g/mol. The average molecular weight is 648 g/mol. The number of ether oxygens (including phenoxy) is 1. The lowest BCUT2D eigenvalue weighted by Gasteiger charge is -2.43. The Morgan fingerprint density at radius 1 is 1.13 bits per heavy atom. The van der Waals surface area contributed by atoms with Crippen molar-refractivity contribution in [1.29, 1.82) is 5.26 Å². The topological polar surface area (TPSA) is 103 Å². The molecule has 246 valence electrons. The number of piperazine rings is 1. The van der Waals surface area contributed by atoms with E-state index >= 15 is 8.78 Å². The van der Waals surface area contributed by atoms with E-state index in [2.05, 4.69) is 20.2 Å². The quantitative estimate of drug-likeness (QED) is 0.263. The molecule has 3 aliphatic heterocycles. The highest BCUT2D eigenvalue weighted by atomic mass is 19.4. The number of nitrogen functional groups attached to an aromatic ring is 1. The van der Waals surface area contributed by atoms with E-state index in [1.54, 1.807) is 6.07 Å². The van der Waals surface area contributed by atoms with Crippen LogP contribution in [-0.4, -0.2) is 73.5 Å². The van der Waals surface area contributed by atoms with Gasteiger partial charge in [-0.15, -0.1) is 0 Å². The van der Waals surface area contributed by atoms with Crippen molar-refractivity contribution in [3.05, 3.63) is 40.5 Å². The Morgan fingerprint density at radius 2 is 1.83 bits per heavy atom. The van der Waals surface area contributed by atoms with Crippen molar-refractivity contribution >= 4 is 22.4 Å². The Hall–Kier alpha value is -3.83. The normalized spacial score (nSPS) is 25.2. The van der Waals surface area contributed by atoms with Crippen molar-refractivity contribution in [3.8, 4) is 23.2 Å². The maximum Gasteiger partial charge on any atom is 0.417 e. The minimum atomic E-state index is -5.06. The number of nitrogens with one attached hydrogen (secondary N) is 1. The van der Waals surface area contributed by atoms with Crippen LogP contribution in [-0.2, 0) is 6.18 Å². The fourth-order valence-electron chi connectivity index (χ4n) is 7.45. The third-order valence-electron chi connectivity index (χ3n) is 9.75. The number of piperidine rings is 1. The highest BCUT2D eigenvalue weighted by Crippen LogP contribution is 2.46. The molecule has 0 radical (unpaired) electrons. The van der Waals surface area contributed by atoms with Crippen LogP contribution in [0.15, 0.2) is 12.1 Å². The highest BCUT2D eigenvalue weighted by molar-refractivity contribution is 5.95. The zero-order valence-corrected chi connectivity index (χ0v) is 25.7. The van der Waals surface area contributed by atoms with Crippen molar-refractivity contribution in [2.75, 3.05) is 57.1 Å². The summed E-state index contributed by atoms with van der Waals surface area (Å²) < 4.78 is 96.0. The van der Waals surface area contributed by atoms with Crippen molar-refractivity contribution in [2.45, 2.75) is 51.4 Å². The summed E-state index contributed by atoms with van der Waals surface area (Å²) in [5, 5.41) is 13.2. The summed E-state index contributed by atoms with van der Waals surface area (Å²) in [6.07, 6.45) is -2.64. The van der Waals surface area contributed by atoms with Crippen molar-refractivity contribution < 1.29 is 31.1 Å². The van der Waals surface area contributed by atoms with E-state index in [0.717, 1.165) is 38.4 Å². The molecule has 14 heteroatoms. The Bertz CT molecular complexity index is 1710. The number of nitrogens with two attached hydrogens (primary N) is 1. The van der Waals surface area contributed by atoms with Crippen LogP contribution in [0.25, 0.3) is 22.0 Å². The monoisotopic (exact) mass is 647 g/mol. The number of aromatic nitrogens is 2. The van der Waals surface area contributed by atoms with Crippen LogP contribution in [0.4, 0.5) is 37.8 Å². The van der Waals surface area contributed by atoms with E-state index in [-0.39, 0.29) is 47.5 Å². The number of halogens is 6. The molecule has 2 aromatic carbocycles. The van der Waals surface area contributed by atoms with Crippen molar-refractivity contribution in [3.63, 3.8) is 0 Å². The number of rotatable bonds is 6. The van der Waals surface area contributed by atoms with E-state index in [9.17, 15) is 22.8 Å². The van der Waals surface area contributed by atoms with Gasteiger partial charge in [0.25, 0.3) is 0 Å². The molecule has 4 heterocycles. The first kappa shape index (κ1) is 32.1. The molecule has 0 amide bonds. The first-order valence-electron chi connectivity index (χ1n) is 15.2. The number of alkyl halides is 4. The summed E-state index contributed by atoms with van der Waals surface area (Å²) in [4.78, 5) is 12.8. The molecule has 0 spiro atoms. The highest BCUT2D eigenvalue weighted by Gasteiger charge is 2.42. The molecule has 4 atom stereocenters. The van der Waals surface area contributed by atoms with Gasteiger partial charge in [0.1, 0.15) is 23.2 Å². The number of nitrogens with zero attached hydrogens (tertiary/aromatic N) is 5. The minimum Gasteiger partial charge on any atom is -0.463 e. The molecule has 3 saturated heterocycles. The first-order valence-corrected chi connectivity index (χ1v) is 15.2. The van der Waals surface area contributed by atoms with Crippen LogP contribution in [0.1, 0.15) is 42.9 Å². The molecule has 3 aromatic rings. The van der Waals surface area contributed by atoms with Crippen LogP contribution in [0.3, 0.4) is 0 Å². The number of nitriles is 1. The summed E-state index contributed by atoms with van der Waals surface area (Å²) in [5.41, 5.74) is -0.0686. The number of hydrogen-bond acceptors (Lipinski definition) is 8. The van der Waals surface area contributed by atoms with Gasteiger partial charge in [0.2, 0.25) is 0 Å². The second-order valence-electron chi connectivity index (χ2n) is 13.2. The van der Waals surface area contributed by atoms with E-state index in [0.29, 0.717) is 26.1 Å². The molecule has 3 aliphatic rings. The lowest BCUT2D eigenvalue weighted by Crippen LogP contribution is -2.51. The van der Waals surface area contributed by atoms with Gasteiger partial charge >= 0.3 is 12.2 Å². The maximum absolute atomic E-state index is 16.7. The largest absolute Gasteiger partial charge is 0.463 e. The van der Waals surface area contributed by atoms with Crippen molar-refractivity contribution in [1.82, 2.24) is 20.2 Å². The lowest BCUT2D eigenvalue weighted by atomic mass is 9.73. The lowest BCUT2D eigenvalue weighted by molar-refractivity contribution is -0.137. The van der Waals surface area contributed by atoms with Gasteiger partial charge < -0.3 is 25.6 Å². The molecule has 0 saturated carbocycles. The predicted molar refractivity (Wildman–Crippen MR) is 161 cm³/mol. The van der Waals surface area contributed by atoms with Gasteiger partial charge in [-0.25, -0.2) is 8.78 Å². The van der Waals surface area contributed by atoms with E-state index in [1.165, 1.54) is 0 Å². The molecule has 3 N–H and O–H groups in total. The van der Waals surface area contributed by atoms with Crippen LogP contribution < -0.4 is 20.7 Å². The Balaban J connectivity index is 1.55. The smallest absolute Gasteiger partial charge is 0.417 e. The first-order chi connectivity index (χ1) is 21.7. The van der Waals surface area contributed by atoms with Crippen LogP contribution >= 0.6 is 0 Å². The summed E-state index contributed by atoms with van der Waals surface area (Å²) in [7, 11) is 1.92. The van der Waals surface area contributed by atoms with Gasteiger partial charge in [-0.05, 0) is 63.4 Å². The molecule has 2 bridgehead atoms. The van der Waals surface area contributed by atoms with Gasteiger partial charge in [0.15, 0.2) is 5.82 Å².